The minimum absolute atomic E-state index is 0.698. The van der Waals surface area contributed by atoms with Crippen LogP contribution >= 0.6 is 15.9 Å². The van der Waals surface area contributed by atoms with E-state index < -0.39 is 0 Å². The second kappa shape index (κ2) is 6.14. The quantitative estimate of drug-likeness (QED) is 0.751. The summed E-state index contributed by atoms with van der Waals surface area (Å²) >= 11 is 3.50. The van der Waals surface area contributed by atoms with Crippen LogP contribution < -0.4 is 10.1 Å². The molecule has 3 rings (SSSR count). The van der Waals surface area contributed by atoms with E-state index in [9.17, 15) is 0 Å². The minimum atomic E-state index is 0.698. The largest absolute Gasteiger partial charge is 0.496 e. The van der Waals surface area contributed by atoms with Crippen molar-refractivity contribution in [2.75, 3.05) is 12.4 Å². The highest BCUT2D eigenvalue weighted by atomic mass is 79.9. The monoisotopic (exact) mass is 342 g/mol. The first-order chi connectivity index (χ1) is 10.3. The maximum Gasteiger partial charge on any atom is 0.123 e. The van der Waals surface area contributed by atoms with Crippen molar-refractivity contribution in [3.05, 3.63) is 64.9 Å². The molecule has 1 N–H and O–H groups in total. The summed E-state index contributed by atoms with van der Waals surface area (Å²) in [6.07, 6.45) is 3.69. The summed E-state index contributed by atoms with van der Waals surface area (Å²) in [6.45, 7) is 0.698. The third-order valence-electron chi connectivity index (χ3n) is 3.39. The number of pyridine rings is 1. The topological polar surface area (TPSA) is 34.1 Å². The molecule has 2 aromatic carbocycles. The smallest absolute Gasteiger partial charge is 0.123 e. The van der Waals surface area contributed by atoms with E-state index in [-0.39, 0.29) is 0 Å². The highest BCUT2D eigenvalue weighted by Gasteiger charge is 2.05. The first-order valence-corrected chi connectivity index (χ1v) is 7.46. The Labute approximate surface area is 132 Å². The van der Waals surface area contributed by atoms with Gasteiger partial charge < -0.3 is 10.1 Å². The fourth-order valence-corrected chi connectivity index (χ4v) is 2.76. The maximum atomic E-state index is 5.41. The minimum Gasteiger partial charge on any atom is -0.496 e. The van der Waals surface area contributed by atoms with Crippen molar-refractivity contribution in [3.63, 3.8) is 0 Å². The third-order valence-corrected chi connectivity index (χ3v) is 3.89. The van der Waals surface area contributed by atoms with Crippen LogP contribution in [0.2, 0.25) is 0 Å². The van der Waals surface area contributed by atoms with Crippen LogP contribution in [-0.4, -0.2) is 12.1 Å². The van der Waals surface area contributed by atoms with E-state index in [4.69, 9.17) is 4.74 Å². The average molecular weight is 343 g/mol. The van der Waals surface area contributed by atoms with E-state index in [1.807, 2.05) is 36.7 Å². The van der Waals surface area contributed by atoms with Gasteiger partial charge >= 0.3 is 0 Å². The number of fused-ring (bicyclic) bond motifs is 1. The lowest BCUT2D eigenvalue weighted by molar-refractivity contribution is 0.410. The van der Waals surface area contributed by atoms with Crippen molar-refractivity contribution in [2.24, 2.45) is 0 Å². The predicted molar refractivity (Wildman–Crippen MR) is 89.8 cm³/mol. The van der Waals surface area contributed by atoms with Crippen LogP contribution in [0.4, 0.5) is 5.69 Å². The standard InChI is InChI=1S/C17H15BrN2O/c1-21-17-6-5-14(18)9-13(17)11-20-16-4-2-3-12-10-19-8-7-15(12)16/h2-10,20H,11H2,1H3. The number of hydrogen-bond donors (Lipinski definition) is 1. The Bertz CT molecular complexity index is 768. The van der Waals surface area contributed by atoms with Gasteiger partial charge in [0.2, 0.25) is 0 Å². The van der Waals surface area contributed by atoms with Crippen LogP contribution in [-0.2, 0) is 6.54 Å². The molecule has 3 aromatic rings. The number of methoxy groups -OCH3 is 1. The van der Waals surface area contributed by atoms with Gasteiger partial charge in [0.1, 0.15) is 5.75 Å². The number of aromatic nitrogens is 1. The molecule has 0 radical (unpaired) electrons. The zero-order chi connectivity index (χ0) is 14.7. The molecule has 106 valence electrons. The molecule has 0 aliphatic heterocycles. The number of halogens is 1. The first-order valence-electron chi connectivity index (χ1n) is 6.67. The first kappa shape index (κ1) is 13.9. The number of rotatable bonds is 4. The average Bonchev–Trinajstić information content (AvgIpc) is 2.53. The van der Waals surface area contributed by atoms with Gasteiger partial charge in [0, 0.05) is 45.4 Å². The second-order valence-corrected chi connectivity index (χ2v) is 5.63. The van der Waals surface area contributed by atoms with Crippen LogP contribution in [0.1, 0.15) is 5.56 Å². The van der Waals surface area contributed by atoms with Crippen molar-refractivity contribution in [2.45, 2.75) is 6.54 Å². The van der Waals surface area contributed by atoms with Gasteiger partial charge in [-0.1, -0.05) is 28.1 Å². The van der Waals surface area contributed by atoms with Crippen molar-refractivity contribution in [1.29, 1.82) is 0 Å². The second-order valence-electron chi connectivity index (χ2n) is 4.71. The summed E-state index contributed by atoms with van der Waals surface area (Å²) in [4.78, 5) is 4.16. The fraction of sp³-hybridized carbons (Fsp3) is 0.118. The van der Waals surface area contributed by atoms with E-state index in [1.165, 1.54) is 5.39 Å². The molecule has 0 aliphatic rings. The molecule has 1 heterocycles. The van der Waals surface area contributed by atoms with Gasteiger partial charge in [-0.15, -0.1) is 0 Å². The van der Waals surface area contributed by atoms with Crippen molar-refractivity contribution >= 4 is 32.4 Å². The van der Waals surface area contributed by atoms with Crippen LogP contribution in [0, 0.1) is 0 Å². The lowest BCUT2D eigenvalue weighted by Gasteiger charge is -2.12. The van der Waals surface area contributed by atoms with Crippen LogP contribution in [0.25, 0.3) is 10.8 Å². The molecule has 0 spiro atoms. The number of benzene rings is 2. The molecule has 0 atom stereocenters. The van der Waals surface area contributed by atoms with Crippen molar-refractivity contribution in [1.82, 2.24) is 4.98 Å². The summed E-state index contributed by atoms with van der Waals surface area (Å²) in [5.74, 6) is 0.882. The summed E-state index contributed by atoms with van der Waals surface area (Å²) in [5.41, 5.74) is 2.20. The predicted octanol–water partition coefficient (Wildman–Crippen LogP) is 4.62. The zero-order valence-corrected chi connectivity index (χ0v) is 13.2. The molecular weight excluding hydrogens is 328 g/mol. The van der Waals surface area contributed by atoms with E-state index in [1.54, 1.807) is 7.11 Å². The van der Waals surface area contributed by atoms with E-state index in [0.29, 0.717) is 6.54 Å². The molecule has 0 amide bonds. The Hall–Kier alpha value is -2.07. The fourth-order valence-electron chi connectivity index (χ4n) is 2.35. The SMILES string of the molecule is COc1ccc(Br)cc1CNc1cccc2cnccc12. The van der Waals surface area contributed by atoms with Crippen LogP contribution in [0.15, 0.2) is 59.3 Å². The molecule has 3 nitrogen and oxygen atoms in total. The van der Waals surface area contributed by atoms with E-state index >= 15 is 0 Å². The lowest BCUT2D eigenvalue weighted by atomic mass is 10.1. The molecule has 1 aromatic heterocycles. The van der Waals surface area contributed by atoms with E-state index in [2.05, 4.69) is 44.4 Å². The maximum absolute atomic E-state index is 5.41. The summed E-state index contributed by atoms with van der Waals surface area (Å²) in [6, 6.07) is 14.2. The number of ether oxygens (including phenoxy) is 1. The summed E-state index contributed by atoms with van der Waals surface area (Å²) < 4.78 is 6.45. The van der Waals surface area contributed by atoms with Crippen molar-refractivity contribution < 1.29 is 4.74 Å². The molecule has 0 aliphatic carbocycles. The Kier molecular flexibility index (Phi) is 4.06. The summed E-state index contributed by atoms with van der Waals surface area (Å²) in [7, 11) is 1.69. The summed E-state index contributed by atoms with van der Waals surface area (Å²) in [5, 5.41) is 5.77. The Morgan fingerprint density at radius 3 is 2.95 bits per heavy atom. The van der Waals surface area contributed by atoms with Crippen molar-refractivity contribution in [3.8, 4) is 5.75 Å². The molecule has 0 unspecified atom stereocenters. The molecule has 0 saturated heterocycles. The normalized spacial score (nSPS) is 10.6. The number of anilines is 1. The van der Waals surface area contributed by atoms with Gasteiger partial charge in [-0.05, 0) is 30.3 Å². The Balaban J connectivity index is 1.89. The van der Waals surface area contributed by atoms with Gasteiger partial charge in [-0.2, -0.15) is 0 Å². The van der Waals surface area contributed by atoms with Gasteiger partial charge in [0.15, 0.2) is 0 Å². The number of nitrogens with zero attached hydrogens (tertiary/aromatic N) is 1. The van der Waals surface area contributed by atoms with Crippen LogP contribution in [0.3, 0.4) is 0 Å². The highest BCUT2D eigenvalue weighted by molar-refractivity contribution is 9.10. The zero-order valence-electron chi connectivity index (χ0n) is 11.6. The number of hydrogen-bond acceptors (Lipinski definition) is 3. The van der Waals surface area contributed by atoms with Crippen LogP contribution in [0.5, 0.6) is 5.75 Å². The molecule has 21 heavy (non-hydrogen) atoms. The molecule has 0 fully saturated rings. The number of nitrogens with one attached hydrogen (secondary N) is 1. The van der Waals surface area contributed by atoms with Gasteiger partial charge in [0.25, 0.3) is 0 Å². The molecular formula is C17H15BrN2O. The van der Waals surface area contributed by atoms with Gasteiger partial charge in [-0.3, -0.25) is 4.98 Å². The molecule has 0 saturated carbocycles. The third kappa shape index (κ3) is 3.00. The lowest BCUT2D eigenvalue weighted by Crippen LogP contribution is -2.02. The van der Waals surface area contributed by atoms with E-state index in [0.717, 1.165) is 26.9 Å². The Morgan fingerprint density at radius 1 is 1.19 bits per heavy atom. The van der Waals surface area contributed by atoms with Gasteiger partial charge in [0.05, 0.1) is 7.11 Å². The highest BCUT2D eigenvalue weighted by Crippen LogP contribution is 2.26. The molecule has 0 bridgehead atoms. The Morgan fingerprint density at radius 2 is 2.10 bits per heavy atom. The molecule has 4 heteroatoms. The van der Waals surface area contributed by atoms with Gasteiger partial charge in [-0.25, -0.2) is 0 Å².